The summed E-state index contributed by atoms with van der Waals surface area (Å²) in [5, 5.41) is 9.52. The molecule has 0 saturated carbocycles. The molecule has 2 aromatic carbocycles. The molecule has 0 aliphatic carbocycles. The highest BCUT2D eigenvalue weighted by Gasteiger charge is 2.32. The number of hydrogen-bond donors (Lipinski definition) is 0. The molecule has 8 nitrogen and oxygen atoms in total. The van der Waals surface area contributed by atoms with Gasteiger partial charge >= 0.3 is 5.97 Å². The van der Waals surface area contributed by atoms with E-state index in [2.05, 4.69) is 14.9 Å². The van der Waals surface area contributed by atoms with Crippen molar-refractivity contribution in [3.05, 3.63) is 53.4 Å². The monoisotopic (exact) mass is 397 g/mol. The number of nitrogens with zero attached hydrogens (tertiary/aromatic N) is 3. The van der Waals surface area contributed by atoms with Crippen molar-refractivity contribution in [2.75, 3.05) is 19.4 Å². The Morgan fingerprint density at radius 3 is 2.43 bits per heavy atom. The van der Waals surface area contributed by atoms with Gasteiger partial charge < -0.3 is 9.15 Å². The average Bonchev–Trinajstić information content (AvgIpc) is 3.17. The molecule has 0 N–H and O–H groups in total. The summed E-state index contributed by atoms with van der Waals surface area (Å²) in [6, 6.07) is 10.8. The first-order chi connectivity index (χ1) is 13.6. The first-order valence-electron chi connectivity index (χ1n) is 8.48. The van der Waals surface area contributed by atoms with Crippen molar-refractivity contribution in [1.29, 1.82) is 0 Å². The first kappa shape index (κ1) is 18.2. The third-order valence-electron chi connectivity index (χ3n) is 4.39. The van der Waals surface area contributed by atoms with Gasteiger partial charge in [0.1, 0.15) is 5.75 Å². The van der Waals surface area contributed by atoms with Crippen LogP contribution in [0.5, 0.6) is 0 Å². The van der Waals surface area contributed by atoms with E-state index in [1.807, 2.05) is 12.1 Å². The van der Waals surface area contributed by atoms with Gasteiger partial charge in [-0.05, 0) is 17.5 Å². The van der Waals surface area contributed by atoms with Gasteiger partial charge in [0.05, 0.1) is 7.11 Å². The molecule has 142 valence electrons. The molecule has 9 heteroatoms. The number of rotatable bonds is 6. The standard InChI is InChI=1S/C19H15N3O5S/c1-26-15(23)10-28-19-21-20-14(27-19)8-9-22-17(24)12-6-2-4-11-5-3-7-13(16(11)12)18(22)25/h2-7H,8-10H2,1H3. The Morgan fingerprint density at radius 1 is 1.11 bits per heavy atom. The number of benzene rings is 2. The van der Waals surface area contributed by atoms with Crippen molar-refractivity contribution >= 4 is 40.3 Å². The Bertz CT molecular complexity index is 1040. The second-order valence-electron chi connectivity index (χ2n) is 6.05. The van der Waals surface area contributed by atoms with Gasteiger partial charge in [-0.1, -0.05) is 36.0 Å². The summed E-state index contributed by atoms with van der Waals surface area (Å²) in [6.45, 7) is 0.117. The van der Waals surface area contributed by atoms with Crippen molar-refractivity contribution in [1.82, 2.24) is 15.1 Å². The van der Waals surface area contributed by atoms with Gasteiger partial charge in [-0.3, -0.25) is 19.3 Å². The Balaban J connectivity index is 1.49. The molecule has 3 aromatic rings. The third kappa shape index (κ3) is 3.24. The lowest BCUT2D eigenvalue weighted by molar-refractivity contribution is -0.137. The fourth-order valence-corrected chi connectivity index (χ4v) is 3.68. The van der Waals surface area contributed by atoms with Crippen molar-refractivity contribution in [2.24, 2.45) is 0 Å². The molecule has 1 aliphatic heterocycles. The highest BCUT2D eigenvalue weighted by Crippen LogP contribution is 2.30. The van der Waals surface area contributed by atoms with Gasteiger partial charge in [-0.15, -0.1) is 10.2 Å². The largest absolute Gasteiger partial charge is 0.468 e. The molecule has 1 aliphatic rings. The molecule has 1 aromatic heterocycles. The summed E-state index contributed by atoms with van der Waals surface area (Å²) in [4.78, 5) is 38.0. The molecule has 0 bridgehead atoms. The molecule has 0 fully saturated rings. The molecule has 0 unspecified atom stereocenters. The minimum Gasteiger partial charge on any atom is -0.468 e. The number of amides is 2. The molecule has 2 amide bonds. The van der Waals surface area contributed by atoms with Crippen molar-refractivity contribution in [3.8, 4) is 0 Å². The minimum absolute atomic E-state index is 0.0576. The van der Waals surface area contributed by atoms with E-state index in [4.69, 9.17) is 4.42 Å². The molecular weight excluding hydrogens is 382 g/mol. The smallest absolute Gasteiger partial charge is 0.316 e. The minimum atomic E-state index is -0.401. The number of imide groups is 1. The van der Waals surface area contributed by atoms with E-state index >= 15 is 0 Å². The number of hydrogen-bond acceptors (Lipinski definition) is 8. The van der Waals surface area contributed by atoms with Crippen LogP contribution in [0.4, 0.5) is 0 Å². The number of thioether (sulfide) groups is 1. The maximum atomic E-state index is 12.8. The molecular formula is C19H15N3O5S. The Hall–Kier alpha value is -3.20. The summed E-state index contributed by atoms with van der Waals surface area (Å²) >= 11 is 1.06. The highest BCUT2D eigenvalue weighted by molar-refractivity contribution is 7.99. The van der Waals surface area contributed by atoms with Crippen LogP contribution in [-0.4, -0.2) is 52.3 Å². The zero-order valence-corrected chi connectivity index (χ0v) is 15.7. The van der Waals surface area contributed by atoms with Crippen LogP contribution in [-0.2, 0) is 16.0 Å². The van der Waals surface area contributed by atoms with Crippen LogP contribution in [0.3, 0.4) is 0 Å². The van der Waals surface area contributed by atoms with E-state index < -0.39 is 5.97 Å². The predicted molar refractivity (Wildman–Crippen MR) is 100 cm³/mol. The zero-order valence-electron chi connectivity index (χ0n) is 14.9. The number of carbonyl (C=O) groups excluding carboxylic acids is 3. The van der Waals surface area contributed by atoms with Crippen LogP contribution in [0, 0.1) is 0 Å². The van der Waals surface area contributed by atoms with Crippen molar-refractivity contribution in [2.45, 2.75) is 11.6 Å². The molecule has 4 rings (SSSR count). The van der Waals surface area contributed by atoms with E-state index in [0.29, 0.717) is 16.5 Å². The summed E-state index contributed by atoms with van der Waals surface area (Å²) in [5.41, 5.74) is 1.01. The number of ether oxygens (including phenoxy) is 1. The van der Waals surface area contributed by atoms with Crippen LogP contribution in [0.15, 0.2) is 46.0 Å². The lowest BCUT2D eigenvalue weighted by Crippen LogP contribution is -2.41. The zero-order chi connectivity index (χ0) is 19.7. The van der Waals surface area contributed by atoms with Gasteiger partial charge in [0.15, 0.2) is 0 Å². The number of methoxy groups -OCH3 is 1. The molecule has 0 saturated heterocycles. The maximum Gasteiger partial charge on any atom is 0.316 e. The Labute approximate surface area is 163 Å². The maximum absolute atomic E-state index is 12.8. The SMILES string of the molecule is COC(=O)CSc1nnc(CCN2C(=O)c3cccc4cccc(c34)C2=O)o1. The quantitative estimate of drug-likeness (QED) is 0.355. The summed E-state index contributed by atoms with van der Waals surface area (Å²) < 4.78 is 10.0. The average molecular weight is 397 g/mol. The fourth-order valence-electron chi connectivity index (χ4n) is 3.07. The van der Waals surface area contributed by atoms with Crippen LogP contribution in [0.25, 0.3) is 10.8 Å². The number of esters is 1. The molecule has 0 spiro atoms. The van der Waals surface area contributed by atoms with Crippen LogP contribution in [0.1, 0.15) is 26.6 Å². The Kier molecular flexibility index (Phi) is 4.82. The first-order valence-corrected chi connectivity index (χ1v) is 9.47. The lowest BCUT2D eigenvalue weighted by atomic mass is 9.94. The summed E-state index contributed by atoms with van der Waals surface area (Å²) in [6.07, 6.45) is 0.224. The topological polar surface area (TPSA) is 103 Å². The van der Waals surface area contributed by atoms with Crippen molar-refractivity contribution in [3.63, 3.8) is 0 Å². The van der Waals surface area contributed by atoms with Crippen LogP contribution < -0.4 is 0 Å². The molecule has 2 heterocycles. The van der Waals surface area contributed by atoms with Gasteiger partial charge in [-0.2, -0.15) is 0 Å². The second-order valence-corrected chi connectivity index (χ2v) is 6.97. The second kappa shape index (κ2) is 7.43. The molecule has 0 radical (unpaired) electrons. The van der Waals surface area contributed by atoms with Gasteiger partial charge in [-0.25, -0.2) is 0 Å². The van der Waals surface area contributed by atoms with Gasteiger partial charge in [0, 0.05) is 29.5 Å². The normalized spacial score (nSPS) is 13.2. The molecule has 28 heavy (non-hydrogen) atoms. The number of carbonyl (C=O) groups is 3. The summed E-state index contributed by atoms with van der Waals surface area (Å²) in [7, 11) is 1.30. The van der Waals surface area contributed by atoms with E-state index in [1.54, 1.807) is 24.3 Å². The predicted octanol–water partition coefficient (Wildman–Crippen LogP) is 2.33. The molecule has 0 atom stereocenters. The van der Waals surface area contributed by atoms with E-state index in [9.17, 15) is 14.4 Å². The van der Waals surface area contributed by atoms with Gasteiger partial charge in [0.2, 0.25) is 5.89 Å². The number of aromatic nitrogens is 2. The highest BCUT2D eigenvalue weighted by atomic mass is 32.2. The van der Waals surface area contributed by atoms with Crippen LogP contribution >= 0.6 is 11.8 Å². The lowest BCUT2D eigenvalue weighted by Gasteiger charge is -2.26. The Morgan fingerprint density at radius 2 is 1.79 bits per heavy atom. The van der Waals surface area contributed by atoms with E-state index in [1.165, 1.54) is 12.0 Å². The fraction of sp³-hybridized carbons (Fsp3) is 0.211. The summed E-state index contributed by atoms with van der Waals surface area (Å²) in [5.74, 6) is -0.738. The van der Waals surface area contributed by atoms with Crippen LogP contribution in [0.2, 0.25) is 0 Å². The third-order valence-corrected chi connectivity index (χ3v) is 5.19. The van der Waals surface area contributed by atoms with Crippen molar-refractivity contribution < 1.29 is 23.5 Å². The van der Waals surface area contributed by atoms with E-state index in [0.717, 1.165) is 17.1 Å². The van der Waals surface area contributed by atoms with E-state index in [-0.39, 0.29) is 41.6 Å². The van der Waals surface area contributed by atoms with Gasteiger partial charge in [0.25, 0.3) is 17.0 Å².